The maximum atomic E-state index is 4.70. The number of hydrogen-bond donors (Lipinski definition) is 1. The molecule has 1 N–H and O–H groups in total. The molecule has 3 aromatic heterocycles. The molecule has 20 heavy (non-hydrogen) atoms. The van der Waals surface area contributed by atoms with Gasteiger partial charge in [-0.3, -0.25) is 4.40 Å². The molecule has 0 unspecified atom stereocenters. The molecule has 0 saturated carbocycles. The second kappa shape index (κ2) is 3.39. The molecule has 3 nitrogen and oxygen atoms in total. The van der Waals surface area contributed by atoms with Crippen LogP contribution in [0, 0.1) is 0 Å². The van der Waals surface area contributed by atoms with Crippen molar-refractivity contribution < 1.29 is 0 Å². The number of hydrogen-bond acceptors (Lipinski definition) is 1. The second-order valence-electron chi connectivity index (χ2n) is 5.10. The first-order valence-electron chi connectivity index (χ1n) is 6.67. The number of nitrogens with zero attached hydrogens (tertiary/aromatic N) is 2. The molecule has 0 atom stereocenters. The van der Waals surface area contributed by atoms with Gasteiger partial charge in [0.1, 0.15) is 5.65 Å². The number of benzene rings is 2. The SMILES string of the molecule is c1ccc2c(c1)[nH]c1cc3c(cc12)nc1ccccn13. The van der Waals surface area contributed by atoms with Gasteiger partial charge < -0.3 is 4.98 Å². The number of pyridine rings is 1. The Kier molecular flexibility index (Phi) is 1.70. The fraction of sp³-hybridized carbons (Fsp3) is 0. The lowest BCUT2D eigenvalue weighted by molar-refractivity contribution is 1.23. The van der Waals surface area contributed by atoms with Crippen molar-refractivity contribution in [1.82, 2.24) is 14.4 Å². The quantitative estimate of drug-likeness (QED) is 0.444. The van der Waals surface area contributed by atoms with Gasteiger partial charge in [0, 0.05) is 28.0 Å². The molecule has 5 aromatic rings. The van der Waals surface area contributed by atoms with Gasteiger partial charge in [0.15, 0.2) is 0 Å². The second-order valence-corrected chi connectivity index (χ2v) is 5.10. The molecule has 0 saturated heterocycles. The molecule has 2 aromatic carbocycles. The lowest BCUT2D eigenvalue weighted by atomic mass is 10.1. The summed E-state index contributed by atoms with van der Waals surface area (Å²) in [5, 5.41) is 2.48. The van der Waals surface area contributed by atoms with E-state index in [1.807, 2.05) is 18.2 Å². The molecule has 0 aliphatic heterocycles. The highest BCUT2D eigenvalue weighted by Crippen LogP contribution is 2.29. The van der Waals surface area contributed by atoms with E-state index in [1.54, 1.807) is 0 Å². The van der Waals surface area contributed by atoms with Crippen LogP contribution in [0.25, 0.3) is 38.5 Å². The van der Waals surface area contributed by atoms with Gasteiger partial charge in [0.05, 0.1) is 11.0 Å². The Labute approximate surface area is 114 Å². The summed E-state index contributed by atoms with van der Waals surface area (Å²) >= 11 is 0. The number of para-hydroxylation sites is 1. The van der Waals surface area contributed by atoms with E-state index in [1.165, 1.54) is 16.3 Å². The summed E-state index contributed by atoms with van der Waals surface area (Å²) in [6, 6.07) is 18.8. The van der Waals surface area contributed by atoms with Crippen LogP contribution < -0.4 is 0 Å². The number of imidazole rings is 1. The van der Waals surface area contributed by atoms with Crippen LogP contribution in [0.15, 0.2) is 60.8 Å². The maximum absolute atomic E-state index is 4.70. The Morgan fingerprint density at radius 1 is 0.850 bits per heavy atom. The van der Waals surface area contributed by atoms with Crippen LogP contribution in [0.4, 0.5) is 0 Å². The summed E-state index contributed by atoms with van der Waals surface area (Å²) in [5.41, 5.74) is 5.49. The van der Waals surface area contributed by atoms with E-state index in [2.05, 4.69) is 52.0 Å². The van der Waals surface area contributed by atoms with Crippen molar-refractivity contribution in [2.75, 3.05) is 0 Å². The predicted octanol–water partition coefficient (Wildman–Crippen LogP) is 4.12. The molecule has 0 bridgehead atoms. The monoisotopic (exact) mass is 257 g/mol. The van der Waals surface area contributed by atoms with E-state index in [9.17, 15) is 0 Å². The minimum atomic E-state index is 0.986. The molecule has 0 aliphatic rings. The van der Waals surface area contributed by atoms with Crippen LogP contribution in [-0.2, 0) is 0 Å². The van der Waals surface area contributed by atoms with Crippen molar-refractivity contribution in [2.24, 2.45) is 0 Å². The van der Waals surface area contributed by atoms with Crippen LogP contribution in [0.2, 0.25) is 0 Å². The average molecular weight is 257 g/mol. The molecule has 0 radical (unpaired) electrons. The lowest BCUT2D eigenvalue weighted by Crippen LogP contribution is -1.81. The number of fused-ring (bicyclic) bond motifs is 6. The van der Waals surface area contributed by atoms with E-state index < -0.39 is 0 Å². The van der Waals surface area contributed by atoms with Crippen LogP contribution in [-0.4, -0.2) is 14.4 Å². The van der Waals surface area contributed by atoms with Crippen LogP contribution in [0.1, 0.15) is 0 Å². The third-order valence-corrected chi connectivity index (χ3v) is 3.93. The maximum Gasteiger partial charge on any atom is 0.137 e. The van der Waals surface area contributed by atoms with E-state index in [0.29, 0.717) is 0 Å². The van der Waals surface area contributed by atoms with Crippen molar-refractivity contribution in [3.63, 3.8) is 0 Å². The fourth-order valence-electron chi connectivity index (χ4n) is 3.01. The third-order valence-electron chi connectivity index (χ3n) is 3.93. The Bertz CT molecular complexity index is 1010. The van der Waals surface area contributed by atoms with Crippen LogP contribution in [0.3, 0.4) is 0 Å². The summed E-state index contributed by atoms with van der Waals surface area (Å²) in [6.07, 6.45) is 2.05. The molecule has 3 heteroatoms. The molecule has 5 rings (SSSR count). The van der Waals surface area contributed by atoms with E-state index in [0.717, 1.165) is 22.2 Å². The van der Waals surface area contributed by atoms with Gasteiger partial charge >= 0.3 is 0 Å². The summed E-state index contributed by atoms with van der Waals surface area (Å²) in [5.74, 6) is 0. The van der Waals surface area contributed by atoms with Crippen molar-refractivity contribution >= 4 is 38.5 Å². The zero-order chi connectivity index (χ0) is 13.1. The Morgan fingerprint density at radius 2 is 1.75 bits per heavy atom. The van der Waals surface area contributed by atoms with Crippen molar-refractivity contribution in [2.45, 2.75) is 0 Å². The number of rotatable bonds is 0. The normalized spacial score (nSPS) is 12.0. The van der Waals surface area contributed by atoms with Crippen molar-refractivity contribution in [3.05, 3.63) is 60.8 Å². The van der Waals surface area contributed by atoms with Gasteiger partial charge in [-0.15, -0.1) is 0 Å². The number of H-pyrrole nitrogens is 1. The molecule has 0 amide bonds. The van der Waals surface area contributed by atoms with Crippen molar-refractivity contribution in [1.29, 1.82) is 0 Å². The smallest absolute Gasteiger partial charge is 0.137 e. The van der Waals surface area contributed by atoms with E-state index in [4.69, 9.17) is 4.98 Å². The van der Waals surface area contributed by atoms with Gasteiger partial charge in [-0.1, -0.05) is 24.3 Å². The first kappa shape index (κ1) is 10.0. The topological polar surface area (TPSA) is 33.1 Å². The summed E-state index contributed by atoms with van der Waals surface area (Å²) < 4.78 is 2.13. The van der Waals surface area contributed by atoms with Crippen molar-refractivity contribution in [3.8, 4) is 0 Å². The third kappa shape index (κ3) is 1.17. The summed E-state index contributed by atoms with van der Waals surface area (Å²) in [6.45, 7) is 0. The highest BCUT2D eigenvalue weighted by atomic mass is 15.0. The van der Waals surface area contributed by atoms with Gasteiger partial charge in [-0.2, -0.15) is 0 Å². The molecule has 0 aliphatic carbocycles. The summed E-state index contributed by atoms with van der Waals surface area (Å²) in [7, 11) is 0. The largest absolute Gasteiger partial charge is 0.354 e. The first-order valence-corrected chi connectivity index (χ1v) is 6.67. The van der Waals surface area contributed by atoms with Gasteiger partial charge in [0.2, 0.25) is 0 Å². The fourth-order valence-corrected chi connectivity index (χ4v) is 3.01. The van der Waals surface area contributed by atoms with E-state index >= 15 is 0 Å². The van der Waals surface area contributed by atoms with E-state index in [-0.39, 0.29) is 0 Å². The van der Waals surface area contributed by atoms with Crippen LogP contribution >= 0.6 is 0 Å². The highest BCUT2D eigenvalue weighted by molar-refractivity contribution is 6.11. The molecule has 3 heterocycles. The van der Waals surface area contributed by atoms with Crippen LogP contribution in [0.5, 0.6) is 0 Å². The summed E-state index contributed by atoms with van der Waals surface area (Å²) in [4.78, 5) is 8.18. The number of aromatic amines is 1. The van der Waals surface area contributed by atoms with Gasteiger partial charge in [-0.05, 0) is 30.3 Å². The Balaban J connectivity index is 2.05. The zero-order valence-corrected chi connectivity index (χ0v) is 10.7. The number of aromatic nitrogens is 3. The molecule has 0 fully saturated rings. The first-order chi connectivity index (χ1) is 9.90. The minimum Gasteiger partial charge on any atom is -0.354 e. The number of nitrogens with one attached hydrogen (secondary N) is 1. The molecular formula is C17H11N3. The minimum absolute atomic E-state index is 0.986. The zero-order valence-electron chi connectivity index (χ0n) is 10.7. The predicted molar refractivity (Wildman–Crippen MR) is 82.1 cm³/mol. The molecular weight excluding hydrogens is 246 g/mol. The molecule has 94 valence electrons. The lowest BCUT2D eigenvalue weighted by Gasteiger charge is -1.95. The Hall–Kier alpha value is -2.81. The van der Waals surface area contributed by atoms with Gasteiger partial charge in [0.25, 0.3) is 0 Å². The molecule has 0 spiro atoms. The standard InChI is InChI=1S/C17H11N3/c1-2-6-13-11(5-1)12-9-15-16(10-14(12)18-13)20-8-4-3-7-17(20)19-15/h1-10,18H. The Morgan fingerprint density at radius 3 is 2.75 bits per heavy atom. The average Bonchev–Trinajstić information content (AvgIpc) is 3.02. The highest BCUT2D eigenvalue weighted by Gasteiger charge is 2.09. The van der Waals surface area contributed by atoms with Gasteiger partial charge in [-0.25, -0.2) is 4.98 Å².